The zero-order chi connectivity index (χ0) is 20.1. The topological polar surface area (TPSA) is 86.4 Å². The van der Waals surface area contributed by atoms with Crippen molar-refractivity contribution in [2.24, 2.45) is 0 Å². The van der Waals surface area contributed by atoms with Gasteiger partial charge in [-0.25, -0.2) is 0 Å². The Labute approximate surface area is 163 Å². The van der Waals surface area contributed by atoms with Crippen LogP contribution >= 0.6 is 0 Å². The minimum absolute atomic E-state index is 0.00412. The lowest BCUT2D eigenvalue weighted by Crippen LogP contribution is -2.28. The van der Waals surface area contributed by atoms with Crippen molar-refractivity contribution in [3.8, 4) is 5.75 Å². The molecule has 0 bridgehead atoms. The monoisotopic (exact) mass is 381 g/mol. The number of carbonyl (C=O) groups is 2. The van der Waals surface area contributed by atoms with Crippen LogP contribution in [-0.2, 0) is 13.2 Å². The number of benzene rings is 1. The normalized spacial score (nSPS) is 11.8. The summed E-state index contributed by atoms with van der Waals surface area (Å²) in [5.41, 5.74) is 1.56. The number of ketones is 1. The third-order valence-electron chi connectivity index (χ3n) is 4.37. The lowest BCUT2D eigenvalue weighted by Gasteiger charge is -2.14. The van der Waals surface area contributed by atoms with Crippen molar-refractivity contribution in [3.63, 3.8) is 0 Å². The SMILES string of the molecule is CCn1nccc1C(C)NC(=O)c1ccc(COc2ccc(C(C)=O)cc2)o1. The summed E-state index contributed by atoms with van der Waals surface area (Å²) < 4.78 is 13.1. The second-order valence-corrected chi connectivity index (χ2v) is 6.40. The van der Waals surface area contributed by atoms with Crippen molar-refractivity contribution in [1.29, 1.82) is 0 Å². The molecule has 0 saturated carbocycles. The summed E-state index contributed by atoms with van der Waals surface area (Å²) in [4.78, 5) is 23.7. The highest BCUT2D eigenvalue weighted by Crippen LogP contribution is 2.17. The van der Waals surface area contributed by atoms with Gasteiger partial charge in [-0.3, -0.25) is 14.3 Å². The molecule has 1 aromatic carbocycles. The summed E-state index contributed by atoms with van der Waals surface area (Å²) in [5, 5.41) is 7.13. The van der Waals surface area contributed by atoms with Crippen molar-refractivity contribution in [2.45, 2.75) is 40.0 Å². The number of aryl methyl sites for hydroxylation is 1. The first-order chi connectivity index (χ1) is 13.5. The van der Waals surface area contributed by atoms with Crippen LogP contribution < -0.4 is 10.1 Å². The molecule has 1 amide bonds. The average molecular weight is 381 g/mol. The highest BCUT2D eigenvalue weighted by Gasteiger charge is 2.17. The Morgan fingerprint density at radius 3 is 2.61 bits per heavy atom. The van der Waals surface area contributed by atoms with Crippen LogP contribution in [0.15, 0.2) is 53.1 Å². The molecule has 2 heterocycles. The Balaban J connectivity index is 1.57. The van der Waals surface area contributed by atoms with E-state index in [0.717, 1.165) is 12.2 Å². The van der Waals surface area contributed by atoms with Gasteiger partial charge in [0.1, 0.15) is 18.1 Å². The number of furan rings is 1. The second-order valence-electron chi connectivity index (χ2n) is 6.40. The molecule has 0 fully saturated rings. The summed E-state index contributed by atoms with van der Waals surface area (Å²) in [6.07, 6.45) is 1.72. The van der Waals surface area contributed by atoms with Gasteiger partial charge in [-0.1, -0.05) is 0 Å². The Kier molecular flexibility index (Phi) is 5.93. The second kappa shape index (κ2) is 8.56. The molecule has 146 valence electrons. The van der Waals surface area contributed by atoms with Crippen molar-refractivity contribution >= 4 is 11.7 Å². The molecule has 0 aliphatic carbocycles. The van der Waals surface area contributed by atoms with Gasteiger partial charge in [0.25, 0.3) is 5.91 Å². The molecule has 1 atom stereocenters. The van der Waals surface area contributed by atoms with Gasteiger partial charge in [0.05, 0.1) is 11.7 Å². The zero-order valence-electron chi connectivity index (χ0n) is 16.1. The molecule has 1 unspecified atom stereocenters. The highest BCUT2D eigenvalue weighted by molar-refractivity contribution is 5.94. The molecule has 2 aromatic heterocycles. The third-order valence-corrected chi connectivity index (χ3v) is 4.37. The number of hydrogen-bond acceptors (Lipinski definition) is 5. The molecule has 3 rings (SSSR count). The van der Waals surface area contributed by atoms with E-state index in [1.54, 1.807) is 42.6 Å². The van der Waals surface area contributed by atoms with E-state index in [1.807, 2.05) is 24.6 Å². The van der Waals surface area contributed by atoms with E-state index in [2.05, 4.69) is 10.4 Å². The molecule has 0 aliphatic rings. The number of carbonyl (C=O) groups excluding carboxylic acids is 2. The molecule has 28 heavy (non-hydrogen) atoms. The number of nitrogens with one attached hydrogen (secondary N) is 1. The van der Waals surface area contributed by atoms with Crippen molar-refractivity contribution < 1.29 is 18.7 Å². The first kappa shape index (κ1) is 19.4. The van der Waals surface area contributed by atoms with E-state index in [1.165, 1.54) is 6.92 Å². The quantitative estimate of drug-likeness (QED) is 0.600. The van der Waals surface area contributed by atoms with Gasteiger partial charge >= 0.3 is 0 Å². The Hall–Kier alpha value is -3.35. The number of ether oxygens (including phenoxy) is 1. The van der Waals surface area contributed by atoms with Crippen LogP contribution in [0.4, 0.5) is 0 Å². The van der Waals surface area contributed by atoms with Crippen LogP contribution in [0.3, 0.4) is 0 Å². The minimum atomic E-state index is -0.298. The van der Waals surface area contributed by atoms with Gasteiger partial charge in [-0.15, -0.1) is 0 Å². The van der Waals surface area contributed by atoms with Gasteiger partial charge in [0, 0.05) is 18.3 Å². The molecule has 7 heteroatoms. The van der Waals surface area contributed by atoms with Crippen LogP contribution in [0.1, 0.15) is 59.2 Å². The van der Waals surface area contributed by atoms with Gasteiger partial charge in [-0.05, 0) is 63.2 Å². The molecular formula is C21H23N3O4. The number of Topliss-reactive ketones (excluding diaryl/α,β-unsaturated/α-hetero) is 1. The van der Waals surface area contributed by atoms with Gasteiger partial charge in [0.2, 0.25) is 0 Å². The van der Waals surface area contributed by atoms with Crippen molar-refractivity contribution in [1.82, 2.24) is 15.1 Å². The van der Waals surface area contributed by atoms with Crippen molar-refractivity contribution in [3.05, 3.63) is 71.4 Å². The molecule has 0 spiro atoms. The van der Waals surface area contributed by atoms with Crippen LogP contribution in [0.5, 0.6) is 5.75 Å². The van der Waals surface area contributed by atoms with Gasteiger partial charge < -0.3 is 14.5 Å². The molecule has 3 aromatic rings. The summed E-state index contributed by atoms with van der Waals surface area (Å²) in [6, 6.07) is 11.9. The molecule has 0 aliphatic heterocycles. The van der Waals surface area contributed by atoms with Crippen LogP contribution in [0.25, 0.3) is 0 Å². The van der Waals surface area contributed by atoms with Gasteiger partial charge in [-0.2, -0.15) is 5.10 Å². The Bertz CT molecular complexity index is 956. The van der Waals surface area contributed by atoms with Crippen LogP contribution in [0.2, 0.25) is 0 Å². The van der Waals surface area contributed by atoms with Gasteiger partial charge in [0.15, 0.2) is 11.5 Å². The Morgan fingerprint density at radius 2 is 1.93 bits per heavy atom. The standard InChI is InChI=1S/C21H23N3O4/c1-4-24-19(11-12-22-24)14(2)23-21(26)20-10-9-18(28-20)13-27-17-7-5-16(6-8-17)15(3)25/h5-12,14H,4,13H2,1-3H3,(H,23,26). The van der Waals surface area contributed by atoms with E-state index in [-0.39, 0.29) is 30.1 Å². The van der Waals surface area contributed by atoms with E-state index in [9.17, 15) is 9.59 Å². The predicted molar refractivity (Wildman–Crippen MR) is 103 cm³/mol. The van der Waals surface area contributed by atoms with E-state index in [4.69, 9.17) is 9.15 Å². The molecule has 0 saturated heterocycles. The molecule has 0 radical (unpaired) electrons. The fraction of sp³-hybridized carbons (Fsp3) is 0.286. The lowest BCUT2D eigenvalue weighted by molar-refractivity contribution is 0.0905. The fourth-order valence-electron chi connectivity index (χ4n) is 2.83. The minimum Gasteiger partial charge on any atom is -0.486 e. The van der Waals surface area contributed by atoms with Crippen molar-refractivity contribution in [2.75, 3.05) is 0 Å². The largest absolute Gasteiger partial charge is 0.486 e. The summed E-state index contributed by atoms with van der Waals surface area (Å²) in [6.45, 7) is 6.33. The number of nitrogens with zero attached hydrogens (tertiary/aromatic N) is 2. The first-order valence-corrected chi connectivity index (χ1v) is 9.13. The maximum atomic E-state index is 12.4. The number of hydrogen-bond donors (Lipinski definition) is 1. The number of rotatable bonds is 8. The third kappa shape index (κ3) is 4.49. The first-order valence-electron chi connectivity index (χ1n) is 9.13. The molecule has 7 nitrogen and oxygen atoms in total. The smallest absolute Gasteiger partial charge is 0.287 e. The maximum Gasteiger partial charge on any atom is 0.287 e. The van der Waals surface area contributed by atoms with Crippen LogP contribution in [0, 0.1) is 0 Å². The lowest BCUT2D eigenvalue weighted by atomic mass is 10.1. The molecule has 1 N–H and O–H groups in total. The number of amides is 1. The van der Waals surface area contributed by atoms with Crippen LogP contribution in [-0.4, -0.2) is 21.5 Å². The number of aromatic nitrogens is 2. The summed E-state index contributed by atoms with van der Waals surface area (Å²) in [5.74, 6) is 1.08. The predicted octanol–water partition coefficient (Wildman–Crippen LogP) is 3.77. The highest BCUT2D eigenvalue weighted by atomic mass is 16.5. The van der Waals surface area contributed by atoms with E-state index in [0.29, 0.717) is 17.1 Å². The Morgan fingerprint density at radius 1 is 1.18 bits per heavy atom. The maximum absolute atomic E-state index is 12.4. The zero-order valence-corrected chi connectivity index (χ0v) is 16.1. The summed E-state index contributed by atoms with van der Waals surface area (Å²) in [7, 11) is 0. The fourth-order valence-corrected chi connectivity index (χ4v) is 2.83. The average Bonchev–Trinajstić information content (AvgIpc) is 3.36. The molecular weight excluding hydrogens is 358 g/mol. The van der Waals surface area contributed by atoms with E-state index < -0.39 is 0 Å². The van der Waals surface area contributed by atoms with E-state index >= 15 is 0 Å². The summed E-state index contributed by atoms with van der Waals surface area (Å²) >= 11 is 0.